The van der Waals surface area contributed by atoms with Gasteiger partial charge in [-0.1, -0.05) is 0 Å². The summed E-state index contributed by atoms with van der Waals surface area (Å²) in [5.74, 6) is 6.29. The van der Waals surface area contributed by atoms with Crippen molar-refractivity contribution in [3.8, 4) is 5.88 Å². The lowest BCUT2D eigenvalue weighted by Crippen LogP contribution is -2.49. The molecule has 1 unspecified atom stereocenters. The van der Waals surface area contributed by atoms with Gasteiger partial charge in [0.1, 0.15) is 5.82 Å². The topological polar surface area (TPSA) is 128 Å². The van der Waals surface area contributed by atoms with Crippen LogP contribution in [0, 0.1) is 23.6 Å². The van der Waals surface area contributed by atoms with Crippen LogP contribution in [0.3, 0.4) is 0 Å². The molecule has 0 saturated heterocycles. The van der Waals surface area contributed by atoms with E-state index in [0.717, 1.165) is 31.9 Å². The number of aromatic nitrogens is 1. The van der Waals surface area contributed by atoms with Crippen molar-refractivity contribution in [2.24, 2.45) is 39.4 Å². The van der Waals surface area contributed by atoms with E-state index in [0.29, 0.717) is 17.4 Å². The Balaban J connectivity index is 1.63. The van der Waals surface area contributed by atoms with Gasteiger partial charge < -0.3 is 21.6 Å². The molecule has 0 aliphatic heterocycles. The summed E-state index contributed by atoms with van der Waals surface area (Å²) in [6.07, 6.45) is 6.97. The van der Waals surface area contributed by atoms with E-state index in [1.807, 2.05) is 0 Å². The Kier molecular flexibility index (Phi) is 6.23. The third kappa shape index (κ3) is 4.83. The first-order valence-corrected chi connectivity index (χ1v) is 9.51. The molecule has 1 amide bonds. The highest BCUT2D eigenvalue weighted by molar-refractivity contribution is 6.33. The fourth-order valence-electron chi connectivity index (χ4n) is 3.59. The number of hydrogen-bond acceptors (Lipinski definition) is 7. The van der Waals surface area contributed by atoms with Crippen LogP contribution in [0.1, 0.15) is 44.2 Å². The van der Waals surface area contributed by atoms with Crippen molar-refractivity contribution in [1.29, 1.82) is 0 Å². The van der Waals surface area contributed by atoms with E-state index in [2.05, 4.69) is 20.4 Å². The van der Waals surface area contributed by atoms with Crippen molar-refractivity contribution in [1.82, 2.24) is 10.3 Å². The van der Waals surface area contributed by atoms with Crippen molar-refractivity contribution >= 4 is 18.0 Å². The van der Waals surface area contributed by atoms with Gasteiger partial charge >= 0.3 is 0 Å². The Labute approximate surface area is 163 Å². The third-order valence-corrected chi connectivity index (χ3v) is 5.35. The highest BCUT2D eigenvalue weighted by Crippen LogP contribution is 2.50. The van der Waals surface area contributed by atoms with Crippen molar-refractivity contribution < 1.29 is 13.9 Å². The van der Waals surface area contributed by atoms with Gasteiger partial charge in [0.15, 0.2) is 5.84 Å². The summed E-state index contributed by atoms with van der Waals surface area (Å²) >= 11 is 0. The van der Waals surface area contributed by atoms with E-state index >= 15 is 0 Å². The Morgan fingerprint density at radius 3 is 2.57 bits per heavy atom. The molecule has 0 radical (unpaired) electrons. The first-order valence-electron chi connectivity index (χ1n) is 9.51. The molecular formula is C19H27FN6O2. The number of amides is 1. The molecule has 1 heterocycles. The second-order valence-corrected chi connectivity index (χ2v) is 7.49. The van der Waals surface area contributed by atoms with Gasteiger partial charge in [-0.3, -0.25) is 9.79 Å². The number of pyridine rings is 1. The Hall–Kier alpha value is -2.55. The maximum atomic E-state index is 13.5. The number of carbonyl (C=O) groups is 1. The number of aliphatic imine (C=N–C) groups is 1. The van der Waals surface area contributed by atoms with E-state index < -0.39 is 17.9 Å². The fraction of sp³-hybridized carbons (Fsp3) is 0.579. The molecule has 0 aromatic carbocycles. The van der Waals surface area contributed by atoms with Gasteiger partial charge in [-0.2, -0.15) is 5.10 Å². The van der Waals surface area contributed by atoms with Gasteiger partial charge in [-0.15, -0.1) is 0 Å². The number of nitrogens with two attached hydrogens (primary N) is 2. The quantitative estimate of drug-likeness (QED) is 0.268. The zero-order valence-electron chi connectivity index (χ0n) is 16.1. The molecule has 2 aliphatic rings. The van der Waals surface area contributed by atoms with Crippen LogP contribution in [0.25, 0.3) is 0 Å². The summed E-state index contributed by atoms with van der Waals surface area (Å²) < 4.78 is 18.6. The van der Waals surface area contributed by atoms with Crippen LogP contribution < -0.4 is 21.6 Å². The molecule has 152 valence electrons. The SMILES string of the molecule is COc1ncc(F)cc1C(C)N=CC(=NN)NC(=O)[C@@H](N)C(C1CC1)C1CC1. The lowest BCUT2D eigenvalue weighted by Gasteiger charge is -2.22. The van der Waals surface area contributed by atoms with Gasteiger partial charge in [-0.25, -0.2) is 9.37 Å². The highest BCUT2D eigenvalue weighted by atomic mass is 19.1. The molecule has 0 spiro atoms. The Morgan fingerprint density at radius 1 is 1.39 bits per heavy atom. The molecule has 0 bridgehead atoms. The number of ether oxygens (including phenoxy) is 1. The summed E-state index contributed by atoms with van der Waals surface area (Å²) in [6.45, 7) is 1.74. The number of rotatable bonds is 8. The standard InChI is InChI=1S/C19H27FN6O2/c1-10(14-7-13(20)8-24-19(14)28-2)23-9-15(26-22)25-18(27)17(21)16(11-3-4-11)12-5-6-12/h7-12,16-17H,3-6,21-22H2,1-2H3,(H,25,26,27)/t10?,17-/m0/s1. The van der Waals surface area contributed by atoms with Crippen LogP contribution >= 0.6 is 0 Å². The molecule has 3 rings (SSSR count). The van der Waals surface area contributed by atoms with Crippen molar-refractivity contribution in [3.63, 3.8) is 0 Å². The molecule has 28 heavy (non-hydrogen) atoms. The number of methoxy groups -OCH3 is 1. The van der Waals surface area contributed by atoms with Gasteiger partial charge in [-0.05, 0) is 56.4 Å². The molecule has 5 N–H and O–H groups in total. The van der Waals surface area contributed by atoms with Crippen molar-refractivity contribution in [2.75, 3.05) is 7.11 Å². The molecule has 1 aromatic heterocycles. The number of carbonyl (C=O) groups excluding carboxylic acids is 1. The number of hydrogen-bond donors (Lipinski definition) is 3. The van der Waals surface area contributed by atoms with E-state index in [-0.39, 0.29) is 23.5 Å². The predicted molar refractivity (Wildman–Crippen MR) is 104 cm³/mol. The first-order chi connectivity index (χ1) is 13.4. The minimum atomic E-state index is -0.588. The fourth-order valence-corrected chi connectivity index (χ4v) is 3.59. The molecule has 1 aromatic rings. The molecule has 9 heteroatoms. The first kappa shape index (κ1) is 20.2. The zero-order valence-corrected chi connectivity index (χ0v) is 16.1. The normalized spacial score (nSPS) is 19.7. The molecule has 8 nitrogen and oxygen atoms in total. The monoisotopic (exact) mass is 390 g/mol. The molecule has 2 atom stereocenters. The maximum Gasteiger partial charge on any atom is 0.242 e. The van der Waals surface area contributed by atoms with Crippen LogP contribution in [0.4, 0.5) is 4.39 Å². The summed E-state index contributed by atoms with van der Waals surface area (Å²) in [4.78, 5) is 20.7. The minimum Gasteiger partial charge on any atom is -0.481 e. The van der Waals surface area contributed by atoms with Gasteiger partial charge in [0.05, 0.1) is 31.6 Å². The molecular weight excluding hydrogens is 363 g/mol. The summed E-state index contributed by atoms with van der Waals surface area (Å²) in [6, 6.07) is 0.235. The molecule has 2 saturated carbocycles. The highest BCUT2D eigenvalue weighted by Gasteiger charge is 2.46. The number of nitrogens with zero attached hydrogens (tertiary/aromatic N) is 3. The zero-order chi connectivity index (χ0) is 20.3. The average Bonchev–Trinajstić information content (AvgIpc) is 3.59. The number of nitrogens with one attached hydrogen (secondary N) is 1. The van der Waals surface area contributed by atoms with Crippen LogP contribution in [-0.4, -0.2) is 36.1 Å². The van der Waals surface area contributed by atoms with Gasteiger partial charge in [0.2, 0.25) is 11.8 Å². The smallest absolute Gasteiger partial charge is 0.242 e. The third-order valence-electron chi connectivity index (χ3n) is 5.35. The second kappa shape index (κ2) is 8.64. The van der Waals surface area contributed by atoms with Gasteiger partial charge in [0.25, 0.3) is 0 Å². The van der Waals surface area contributed by atoms with Crippen LogP contribution in [-0.2, 0) is 4.79 Å². The number of halogens is 1. The summed E-state index contributed by atoms with van der Waals surface area (Å²) in [5, 5.41) is 6.23. The van der Waals surface area contributed by atoms with E-state index in [4.69, 9.17) is 16.3 Å². The number of amidine groups is 1. The van der Waals surface area contributed by atoms with Crippen molar-refractivity contribution in [3.05, 3.63) is 23.6 Å². The summed E-state index contributed by atoms with van der Waals surface area (Å²) in [5.41, 5.74) is 6.70. The van der Waals surface area contributed by atoms with Crippen LogP contribution in [0.5, 0.6) is 5.88 Å². The van der Waals surface area contributed by atoms with Crippen molar-refractivity contribution in [2.45, 2.75) is 44.7 Å². The maximum absolute atomic E-state index is 13.5. The van der Waals surface area contributed by atoms with Crippen LogP contribution in [0.15, 0.2) is 22.4 Å². The Morgan fingerprint density at radius 2 is 2.04 bits per heavy atom. The number of hydrazone groups is 1. The Bertz CT molecular complexity index is 764. The van der Waals surface area contributed by atoms with E-state index in [9.17, 15) is 9.18 Å². The van der Waals surface area contributed by atoms with Gasteiger partial charge in [0, 0.05) is 5.56 Å². The predicted octanol–water partition coefficient (Wildman–Crippen LogP) is 1.51. The van der Waals surface area contributed by atoms with E-state index in [1.54, 1.807) is 6.92 Å². The van der Waals surface area contributed by atoms with Crippen LogP contribution in [0.2, 0.25) is 0 Å². The summed E-state index contributed by atoms with van der Waals surface area (Å²) in [7, 11) is 1.45. The lowest BCUT2D eigenvalue weighted by atomic mass is 9.89. The largest absolute Gasteiger partial charge is 0.481 e. The second-order valence-electron chi connectivity index (χ2n) is 7.49. The molecule has 2 aliphatic carbocycles. The molecule has 2 fully saturated rings. The minimum absolute atomic E-state index is 0.0981. The van der Waals surface area contributed by atoms with E-state index in [1.165, 1.54) is 19.4 Å². The lowest BCUT2D eigenvalue weighted by molar-refractivity contribution is -0.122. The average molecular weight is 390 g/mol.